The first-order valence-electron chi connectivity index (χ1n) is 5.85. The largest absolute Gasteiger partial charge is 0.481 e. The average Bonchev–Trinajstić information content (AvgIpc) is 3.11. The first-order chi connectivity index (χ1) is 8.58. The summed E-state index contributed by atoms with van der Waals surface area (Å²) in [6, 6.07) is 6.85. The maximum Gasteiger partial charge on any atom is 0.305 e. The van der Waals surface area contributed by atoms with Gasteiger partial charge in [0, 0.05) is 10.5 Å². The molecule has 0 saturated heterocycles. The van der Waals surface area contributed by atoms with Gasteiger partial charge in [0.2, 0.25) is 0 Å². The Morgan fingerprint density at radius 3 is 2.61 bits per heavy atom. The molecule has 4 nitrogen and oxygen atoms in total. The molecule has 0 radical (unpaired) electrons. The number of rotatable bonds is 5. The van der Waals surface area contributed by atoms with Gasteiger partial charge in [-0.15, -0.1) is 0 Å². The summed E-state index contributed by atoms with van der Waals surface area (Å²) < 4.78 is 0.715. The van der Waals surface area contributed by atoms with Crippen molar-refractivity contribution >= 4 is 27.8 Å². The Balaban J connectivity index is 2.05. The third-order valence-electron chi connectivity index (χ3n) is 3.02. The summed E-state index contributed by atoms with van der Waals surface area (Å²) in [5.74, 6) is -0.785. The van der Waals surface area contributed by atoms with E-state index in [-0.39, 0.29) is 18.4 Å². The van der Waals surface area contributed by atoms with Gasteiger partial charge >= 0.3 is 5.97 Å². The van der Waals surface area contributed by atoms with Gasteiger partial charge in [0.25, 0.3) is 5.91 Å². The molecule has 1 aliphatic carbocycles. The molecule has 1 aliphatic rings. The van der Waals surface area contributed by atoms with Gasteiger partial charge in [-0.2, -0.15) is 0 Å². The number of halogens is 1. The molecule has 1 amide bonds. The van der Waals surface area contributed by atoms with Crippen LogP contribution in [0.5, 0.6) is 0 Å². The predicted molar refractivity (Wildman–Crippen MR) is 70.4 cm³/mol. The number of hydrogen-bond acceptors (Lipinski definition) is 2. The van der Waals surface area contributed by atoms with Gasteiger partial charge in [-0.3, -0.25) is 9.59 Å². The molecule has 1 aromatic rings. The fraction of sp³-hybridized carbons (Fsp3) is 0.385. The van der Waals surface area contributed by atoms with Crippen molar-refractivity contribution in [3.05, 3.63) is 34.3 Å². The molecule has 1 atom stereocenters. The average molecular weight is 312 g/mol. The monoisotopic (exact) mass is 311 g/mol. The van der Waals surface area contributed by atoms with Crippen LogP contribution in [0.1, 0.15) is 29.6 Å². The van der Waals surface area contributed by atoms with Gasteiger partial charge in [-0.1, -0.05) is 12.1 Å². The molecule has 1 aromatic carbocycles. The summed E-state index contributed by atoms with van der Waals surface area (Å²) in [6.45, 7) is 0. The van der Waals surface area contributed by atoms with Crippen LogP contribution >= 0.6 is 15.9 Å². The molecule has 0 aliphatic heterocycles. The maximum absolute atomic E-state index is 12.1. The molecule has 0 spiro atoms. The normalized spacial score (nSPS) is 16.1. The van der Waals surface area contributed by atoms with Gasteiger partial charge in [-0.25, -0.2) is 0 Å². The van der Waals surface area contributed by atoms with E-state index in [9.17, 15) is 9.59 Å². The Labute approximate surface area is 114 Å². The van der Waals surface area contributed by atoms with Crippen molar-refractivity contribution in [1.29, 1.82) is 0 Å². The van der Waals surface area contributed by atoms with Crippen molar-refractivity contribution in [1.82, 2.24) is 5.32 Å². The van der Waals surface area contributed by atoms with E-state index >= 15 is 0 Å². The van der Waals surface area contributed by atoms with Crippen LogP contribution in [0.3, 0.4) is 0 Å². The van der Waals surface area contributed by atoms with Gasteiger partial charge in [0.1, 0.15) is 0 Å². The Kier molecular flexibility index (Phi) is 4.01. The summed E-state index contributed by atoms with van der Waals surface area (Å²) >= 11 is 3.31. The molecular weight excluding hydrogens is 298 g/mol. The minimum atomic E-state index is -0.876. The topological polar surface area (TPSA) is 66.4 Å². The van der Waals surface area contributed by atoms with E-state index in [2.05, 4.69) is 21.2 Å². The second kappa shape index (κ2) is 5.52. The van der Waals surface area contributed by atoms with Gasteiger partial charge < -0.3 is 10.4 Å². The van der Waals surface area contributed by atoms with Gasteiger partial charge in [-0.05, 0) is 46.8 Å². The van der Waals surface area contributed by atoms with Crippen LogP contribution in [-0.2, 0) is 4.79 Å². The Morgan fingerprint density at radius 1 is 1.39 bits per heavy atom. The number of carbonyl (C=O) groups excluding carboxylic acids is 1. The Bertz CT molecular complexity index is 471. The lowest BCUT2D eigenvalue weighted by Gasteiger charge is -2.16. The summed E-state index contributed by atoms with van der Waals surface area (Å²) in [5.41, 5.74) is 0.536. The first-order valence-corrected chi connectivity index (χ1v) is 6.64. The third kappa shape index (κ3) is 3.32. The van der Waals surface area contributed by atoms with Crippen molar-refractivity contribution in [2.75, 3.05) is 0 Å². The molecular formula is C13H14BrNO3. The van der Waals surface area contributed by atoms with Crippen LogP contribution in [0.2, 0.25) is 0 Å². The molecule has 18 heavy (non-hydrogen) atoms. The van der Waals surface area contributed by atoms with E-state index in [0.29, 0.717) is 16.0 Å². The SMILES string of the molecule is O=C(O)CC(NC(=O)c1ccccc1Br)C1CC1. The number of carboxylic acids is 1. The van der Waals surface area contributed by atoms with Crippen LogP contribution in [-0.4, -0.2) is 23.0 Å². The molecule has 96 valence electrons. The molecule has 0 bridgehead atoms. The second-order valence-electron chi connectivity index (χ2n) is 4.50. The van der Waals surface area contributed by atoms with E-state index in [1.807, 2.05) is 6.07 Å². The lowest BCUT2D eigenvalue weighted by Crippen LogP contribution is -2.38. The highest BCUT2D eigenvalue weighted by Crippen LogP contribution is 2.34. The Morgan fingerprint density at radius 2 is 2.06 bits per heavy atom. The van der Waals surface area contributed by atoms with Crippen LogP contribution in [0, 0.1) is 5.92 Å². The standard InChI is InChI=1S/C13H14BrNO3/c14-10-4-2-1-3-9(10)13(18)15-11(7-12(16)17)8-5-6-8/h1-4,8,11H,5-7H2,(H,15,18)(H,16,17). The third-order valence-corrected chi connectivity index (χ3v) is 3.71. The molecule has 2 rings (SSSR count). The van der Waals surface area contributed by atoms with Crippen LogP contribution in [0.15, 0.2) is 28.7 Å². The number of nitrogens with one attached hydrogen (secondary N) is 1. The fourth-order valence-corrected chi connectivity index (χ4v) is 2.38. The number of hydrogen-bond donors (Lipinski definition) is 2. The van der Waals surface area contributed by atoms with E-state index in [1.54, 1.807) is 18.2 Å². The number of carboxylic acid groups (broad SMARTS) is 1. The molecule has 0 heterocycles. The highest BCUT2D eigenvalue weighted by Gasteiger charge is 2.34. The summed E-state index contributed by atoms with van der Waals surface area (Å²) in [5, 5.41) is 11.7. The number of benzene rings is 1. The van der Waals surface area contributed by atoms with Crippen LogP contribution in [0.25, 0.3) is 0 Å². The lowest BCUT2D eigenvalue weighted by atomic mass is 10.1. The van der Waals surface area contributed by atoms with Crippen molar-refractivity contribution in [2.24, 2.45) is 5.92 Å². The van der Waals surface area contributed by atoms with E-state index in [1.165, 1.54) is 0 Å². The zero-order valence-electron chi connectivity index (χ0n) is 9.73. The predicted octanol–water partition coefficient (Wildman–Crippen LogP) is 2.43. The van der Waals surface area contributed by atoms with Crippen LogP contribution < -0.4 is 5.32 Å². The van der Waals surface area contributed by atoms with E-state index in [0.717, 1.165) is 12.8 Å². The fourth-order valence-electron chi connectivity index (χ4n) is 1.91. The van der Waals surface area contributed by atoms with Crippen LogP contribution in [0.4, 0.5) is 0 Å². The van der Waals surface area contributed by atoms with Crippen molar-refractivity contribution in [3.8, 4) is 0 Å². The number of amides is 1. The molecule has 1 unspecified atom stereocenters. The summed E-state index contributed by atoms with van der Waals surface area (Å²) in [4.78, 5) is 22.8. The summed E-state index contributed by atoms with van der Waals surface area (Å²) in [6.07, 6.45) is 1.98. The highest BCUT2D eigenvalue weighted by atomic mass is 79.9. The minimum absolute atomic E-state index is 0.0130. The zero-order chi connectivity index (χ0) is 13.1. The van der Waals surface area contributed by atoms with Gasteiger partial charge in [0.15, 0.2) is 0 Å². The maximum atomic E-state index is 12.1. The first kappa shape index (κ1) is 13.1. The highest BCUT2D eigenvalue weighted by molar-refractivity contribution is 9.10. The molecule has 1 fully saturated rings. The van der Waals surface area contributed by atoms with E-state index < -0.39 is 5.97 Å². The minimum Gasteiger partial charge on any atom is -0.481 e. The molecule has 0 aromatic heterocycles. The Hall–Kier alpha value is -1.36. The molecule has 2 N–H and O–H groups in total. The molecule has 1 saturated carbocycles. The second-order valence-corrected chi connectivity index (χ2v) is 5.35. The molecule has 5 heteroatoms. The summed E-state index contributed by atoms with van der Waals surface area (Å²) in [7, 11) is 0. The number of aliphatic carboxylic acids is 1. The van der Waals surface area contributed by atoms with Crippen molar-refractivity contribution in [2.45, 2.75) is 25.3 Å². The zero-order valence-corrected chi connectivity index (χ0v) is 11.3. The van der Waals surface area contributed by atoms with Crippen molar-refractivity contribution < 1.29 is 14.7 Å². The number of carbonyl (C=O) groups is 2. The lowest BCUT2D eigenvalue weighted by molar-refractivity contribution is -0.137. The van der Waals surface area contributed by atoms with Crippen molar-refractivity contribution in [3.63, 3.8) is 0 Å². The quantitative estimate of drug-likeness (QED) is 0.877. The van der Waals surface area contributed by atoms with E-state index in [4.69, 9.17) is 5.11 Å². The smallest absolute Gasteiger partial charge is 0.305 e. The van der Waals surface area contributed by atoms with Gasteiger partial charge in [0.05, 0.1) is 12.0 Å².